The van der Waals surface area contributed by atoms with E-state index in [4.69, 9.17) is 10.8 Å². The van der Waals surface area contributed by atoms with E-state index in [0.717, 1.165) is 35.6 Å². The average molecular weight is 238 g/mol. The molecule has 17 heavy (non-hydrogen) atoms. The van der Waals surface area contributed by atoms with Crippen LogP contribution >= 0.6 is 0 Å². The van der Waals surface area contributed by atoms with E-state index in [1.54, 1.807) is 0 Å². The van der Waals surface area contributed by atoms with E-state index >= 15 is 0 Å². The highest BCUT2D eigenvalue weighted by Gasteiger charge is 2.15. The Hall–Kier alpha value is -1.20. The number of hydrogen-bond acceptors (Lipinski definition) is 5. The van der Waals surface area contributed by atoms with Crippen molar-refractivity contribution in [2.45, 2.75) is 33.7 Å². The molecule has 0 atom stereocenters. The molecule has 1 aromatic rings. The van der Waals surface area contributed by atoms with Crippen molar-refractivity contribution >= 4 is 5.82 Å². The number of nitrogens with zero attached hydrogens (tertiary/aromatic N) is 3. The zero-order valence-corrected chi connectivity index (χ0v) is 10.9. The molecule has 5 heteroatoms. The van der Waals surface area contributed by atoms with Crippen LogP contribution in [-0.4, -0.2) is 35.0 Å². The number of aliphatic hydroxyl groups is 1. The predicted molar refractivity (Wildman–Crippen MR) is 69.0 cm³/mol. The topological polar surface area (TPSA) is 75.3 Å². The molecule has 0 amide bonds. The van der Waals surface area contributed by atoms with Gasteiger partial charge in [-0.15, -0.1) is 5.10 Å². The van der Waals surface area contributed by atoms with Crippen LogP contribution in [0.3, 0.4) is 0 Å². The van der Waals surface area contributed by atoms with Gasteiger partial charge in [-0.2, -0.15) is 5.10 Å². The first-order valence-electron chi connectivity index (χ1n) is 6.04. The Morgan fingerprint density at radius 2 is 1.94 bits per heavy atom. The van der Waals surface area contributed by atoms with Crippen molar-refractivity contribution in [2.24, 2.45) is 5.73 Å². The zero-order valence-electron chi connectivity index (χ0n) is 10.9. The van der Waals surface area contributed by atoms with Gasteiger partial charge in [-0.3, -0.25) is 0 Å². The third kappa shape index (κ3) is 3.14. The van der Waals surface area contributed by atoms with Crippen molar-refractivity contribution in [1.29, 1.82) is 0 Å². The third-order valence-corrected chi connectivity index (χ3v) is 2.93. The van der Waals surface area contributed by atoms with Crippen molar-refractivity contribution in [3.8, 4) is 0 Å². The van der Waals surface area contributed by atoms with Gasteiger partial charge in [0.2, 0.25) is 0 Å². The van der Waals surface area contributed by atoms with Gasteiger partial charge >= 0.3 is 0 Å². The van der Waals surface area contributed by atoms with E-state index < -0.39 is 0 Å². The van der Waals surface area contributed by atoms with Gasteiger partial charge in [0, 0.05) is 25.2 Å². The Morgan fingerprint density at radius 3 is 2.47 bits per heavy atom. The van der Waals surface area contributed by atoms with Crippen molar-refractivity contribution in [3.05, 3.63) is 16.8 Å². The Labute approximate surface area is 103 Å². The molecule has 3 N–H and O–H groups in total. The molecule has 1 rings (SSSR count). The van der Waals surface area contributed by atoms with Gasteiger partial charge in [-0.1, -0.05) is 6.92 Å². The zero-order chi connectivity index (χ0) is 12.8. The molecule has 0 unspecified atom stereocenters. The minimum Gasteiger partial charge on any atom is -0.395 e. The molecular weight excluding hydrogens is 216 g/mol. The first kappa shape index (κ1) is 13.9. The Kier molecular flexibility index (Phi) is 5.31. The second kappa shape index (κ2) is 6.51. The van der Waals surface area contributed by atoms with E-state index in [2.05, 4.69) is 17.1 Å². The molecule has 0 bridgehead atoms. The minimum atomic E-state index is 0.110. The van der Waals surface area contributed by atoms with Crippen LogP contribution in [0.5, 0.6) is 0 Å². The molecule has 0 saturated carbocycles. The molecule has 0 radical (unpaired) electrons. The summed E-state index contributed by atoms with van der Waals surface area (Å²) >= 11 is 0. The molecule has 1 heterocycles. The number of aromatic nitrogens is 2. The van der Waals surface area contributed by atoms with Crippen LogP contribution in [0.1, 0.15) is 30.2 Å². The van der Waals surface area contributed by atoms with E-state index in [0.29, 0.717) is 13.1 Å². The molecule has 0 spiro atoms. The van der Waals surface area contributed by atoms with Crippen molar-refractivity contribution in [1.82, 2.24) is 10.2 Å². The quantitative estimate of drug-likeness (QED) is 0.765. The van der Waals surface area contributed by atoms with Crippen LogP contribution in [0.4, 0.5) is 5.82 Å². The lowest BCUT2D eigenvalue weighted by Crippen LogP contribution is -2.30. The highest BCUT2D eigenvalue weighted by Crippen LogP contribution is 2.21. The minimum absolute atomic E-state index is 0.110. The van der Waals surface area contributed by atoms with E-state index in [1.807, 2.05) is 18.7 Å². The van der Waals surface area contributed by atoms with E-state index in [1.165, 1.54) is 0 Å². The summed E-state index contributed by atoms with van der Waals surface area (Å²) in [6.07, 6.45) is 0.999. The van der Waals surface area contributed by atoms with Gasteiger partial charge in [0.15, 0.2) is 5.82 Å². The van der Waals surface area contributed by atoms with E-state index in [9.17, 15) is 0 Å². The normalized spacial score (nSPS) is 10.6. The molecule has 1 aromatic heterocycles. The smallest absolute Gasteiger partial charge is 0.156 e. The summed E-state index contributed by atoms with van der Waals surface area (Å²) in [4.78, 5) is 2.04. The molecule has 0 fully saturated rings. The highest BCUT2D eigenvalue weighted by atomic mass is 16.3. The van der Waals surface area contributed by atoms with Crippen LogP contribution in [0, 0.1) is 13.8 Å². The molecule has 0 saturated heterocycles. The lowest BCUT2D eigenvalue weighted by molar-refractivity contribution is 0.301. The lowest BCUT2D eigenvalue weighted by atomic mass is 10.1. The summed E-state index contributed by atoms with van der Waals surface area (Å²) < 4.78 is 0. The fraction of sp³-hybridized carbons (Fsp3) is 0.667. The number of aliphatic hydroxyl groups excluding tert-OH is 1. The number of anilines is 1. The molecule has 0 aliphatic rings. The van der Waals surface area contributed by atoms with Crippen molar-refractivity contribution < 1.29 is 5.11 Å². The van der Waals surface area contributed by atoms with Crippen LogP contribution in [0.25, 0.3) is 0 Å². The Morgan fingerprint density at radius 1 is 1.24 bits per heavy atom. The average Bonchev–Trinajstić information content (AvgIpc) is 2.32. The predicted octanol–water partition coefficient (Wildman–Crippen LogP) is 0.761. The summed E-state index contributed by atoms with van der Waals surface area (Å²) in [6, 6.07) is 0. The van der Waals surface area contributed by atoms with Crippen LogP contribution in [0.15, 0.2) is 0 Å². The van der Waals surface area contributed by atoms with Crippen LogP contribution in [0.2, 0.25) is 0 Å². The number of hydrogen-bond donors (Lipinski definition) is 2. The Balaban J connectivity index is 3.13. The van der Waals surface area contributed by atoms with Gasteiger partial charge in [-0.25, -0.2) is 0 Å². The van der Waals surface area contributed by atoms with Crippen molar-refractivity contribution in [2.75, 3.05) is 24.6 Å². The maximum absolute atomic E-state index is 9.09. The second-order valence-corrected chi connectivity index (χ2v) is 4.13. The summed E-state index contributed by atoms with van der Waals surface area (Å²) in [7, 11) is 0. The van der Waals surface area contributed by atoms with E-state index in [-0.39, 0.29) is 6.61 Å². The van der Waals surface area contributed by atoms with Crippen LogP contribution < -0.4 is 10.6 Å². The molecule has 0 aliphatic heterocycles. The molecule has 5 nitrogen and oxygen atoms in total. The summed E-state index contributed by atoms with van der Waals surface area (Å²) in [5, 5.41) is 17.5. The summed E-state index contributed by atoms with van der Waals surface area (Å²) in [5.74, 6) is 0.812. The first-order chi connectivity index (χ1) is 8.15. The summed E-state index contributed by atoms with van der Waals surface area (Å²) in [5.41, 5.74) is 8.83. The highest BCUT2D eigenvalue weighted by molar-refractivity contribution is 5.50. The molecular formula is C12H22N4O. The van der Waals surface area contributed by atoms with Gasteiger partial charge in [-0.05, 0) is 25.8 Å². The Bertz CT molecular complexity index is 362. The fourth-order valence-electron chi connectivity index (χ4n) is 1.86. The van der Waals surface area contributed by atoms with Crippen molar-refractivity contribution in [3.63, 3.8) is 0 Å². The summed E-state index contributed by atoms with van der Waals surface area (Å²) in [6.45, 7) is 8.02. The SMILES string of the molecule is CCCN(CCO)c1nnc(C)c(C)c1CN. The maximum Gasteiger partial charge on any atom is 0.156 e. The lowest BCUT2D eigenvalue weighted by Gasteiger charge is -2.25. The van der Waals surface area contributed by atoms with Gasteiger partial charge < -0.3 is 15.7 Å². The number of rotatable bonds is 6. The fourth-order valence-corrected chi connectivity index (χ4v) is 1.86. The number of nitrogens with two attached hydrogens (primary N) is 1. The van der Waals surface area contributed by atoms with Crippen LogP contribution in [-0.2, 0) is 6.54 Å². The third-order valence-electron chi connectivity index (χ3n) is 2.93. The van der Waals surface area contributed by atoms with Gasteiger partial charge in [0.25, 0.3) is 0 Å². The standard InChI is InChI=1S/C12H22N4O/c1-4-5-16(6-7-17)12-11(8-13)9(2)10(3)14-15-12/h17H,4-8,13H2,1-3H3. The molecule has 96 valence electrons. The second-order valence-electron chi connectivity index (χ2n) is 4.13. The maximum atomic E-state index is 9.09. The monoisotopic (exact) mass is 238 g/mol. The van der Waals surface area contributed by atoms with Gasteiger partial charge in [0.05, 0.1) is 12.3 Å². The number of aryl methyl sites for hydroxylation is 1. The first-order valence-corrected chi connectivity index (χ1v) is 6.04. The largest absolute Gasteiger partial charge is 0.395 e. The molecule has 0 aromatic carbocycles. The molecule has 0 aliphatic carbocycles. The van der Waals surface area contributed by atoms with Gasteiger partial charge in [0.1, 0.15) is 0 Å².